The van der Waals surface area contributed by atoms with E-state index in [2.05, 4.69) is 54.8 Å². The van der Waals surface area contributed by atoms with Crippen molar-refractivity contribution < 1.29 is 19.4 Å². The number of benzene rings is 3. The van der Waals surface area contributed by atoms with Gasteiger partial charge in [-0.1, -0.05) is 41.9 Å². The molecule has 0 amide bonds. The minimum atomic E-state index is -0.736. The van der Waals surface area contributed by atoms with Crippen LogP contribution in [0, 0.1) is 19.8 Å². The molecule has 7 rings (SSSR count). The smallest absolute Gasteiger partial charge is 0.307 e. The Balaban J connectivity index is 1.18. The normalized spacial score (nSPS) is 17.9. The zero-order valence-electron chi connectivity index (χ0n) is 26.2. The Morgan fingerprint density at radius 1 is 1.07 bits per heavy atom. The molecule has 2 atom stereocenters. The standard InChI is InChI=1S/C36H37ClN4O4S/c1-20(19-42)41-13-11-30-32(18-41)46-35(39-30)28-9-5-7-26(22(28)3)25-6-4-8-27(21(25)2)34-38-31-15-23(14-29(37)33(31)45-34)16-40-12-10-24(17-40)36(43)44/h4-9,14-15,20,24,42H,10-13,16-19H2,1-3H3,(H,43,44)/t20?,24-/m1/s1. The predicted molar refractivity (Wildman–Crippen MR) is 182 cm³/mol. The zero-order valence-corrected chi connectivity index (χ0v) is 27.8. The topological polar surface area (TPSA) is 103 Å². The molecule has 0 radical (unpaired) electrons. The minimum absolute atomic E-state index is 0.141. The number of aromatic nitrogens is 2. The molecule has 2 aliphatic heterocycles. The summed E-state index contributed by atoms with van der Waals surface area (Å²) in [5, 5.41) is 20.6. The highest BCUT2D eigenvalue weighted by atomic mass is 35.5. The maximum atomic E-state index is 11.4. The van der Waals surface area contributed by atoms with Crippen molar-refractivity contribution in [3.63, 3.8) is 0 Å². The van der Waals surface area contributed by atoms with Gasteiger partial charge >= 0.3 is 5.97 Å². The summed E-state index contributed by atoms with van der Waals surface area (Å²) < 4.78 is 6.27. The van der Waals surface area contributed by atoms with Crippen LogP contribution in [0.25, 0.3) is 44.3 Å². The van der Waals surface area contributed by atoms with Crippen LogP contribution in [-0.4, -0.2) is 68.2 Å². The van der Waals surface area contributed by atoms with Crippen molar-refractivity contribution >= 4 is 40.0 Å². The molecule has 238 valence electrons. The van der Waals surface area contributed by atoms with Gasteiger partial charge in [0, 0.05) is 54.6 Å². The van der Waals surface area contributed by atoms with E-state index in [1.807, 2.05) is 24.3 Å². The second kappa shape index (κ2) is 12.5. The van der Waals surface area contributed by atoms with Crippen LogP contribution in [0.1, 0.15) is 40.6 Å². The lowest BCUT2D eigenvalue weighted by molar-refractivity contribution is -0.141. The number of aliphatic hydroxyl groups is 1. The first-order valence-electron chi connectivity index (χ1n) is 15.8. The van der Waals surface area contributed by atoms with Crippen LogP contribution in [-0.2, 0) is 24.3 Å². The number of aliphatic hydroxyl groups excluding tert-OH is 1. The number of carbonyl (C=O) groups is 1. The summed E-state index contributed by atoms with van der Waals surface area (Å²) in [4.78, 5) is 27.1. The van der Waals surface area contributed by atoms with Crippen molar-refractivity contribution in [1.82, 2.24) is 19.8 Å². The number of aliphatic carboxylic acids is 1. The van der Waals surface area contributed by atoms with Crippen molar-refractivity contribution in [2.75, 3.05) is 26.2 Å². The first kappa shape index (κ1) is 31.0. The number of likely N-dealkylation sites (tertiary alicyclic amines) is 1. The molecule has 2 aromatic heterocycles. The van der Waals surface area contributed by atoms with E-state index in [0.29, 0.717) is 41.5 Å². The summed E-state index contributed by atoms with van der Waals surface area (Å²) in [5.74, 6) is -0.542. The molecule has 4 heterocycles. The van der Waals surface area contributed by atoms with Gasteiger partial charge < -0.3 is 14.6 Å². The molecule has 1 unspecified atom stereocenters. The van der Waals surface area contributed by atoms with Gasteiger partial charge in [-0.15, -0.1) is 11.3 Å². The number of fused-ring (bicyclic) bond motifs is 2. The van der Waals surface area contributed by atoms with Gasteiger partial charge in [-0.05, 0) is 79.8 Å². The van der Waals surface area contributed by atoms with E-state index in [1.165, 1.54) is 16.1 Å². The second-order valence-electron chi connectivity index (χ2n) is 12.6. The summed E-state index contributed by atoms with van der Waals surface area (Å²) in [5.41, 5.74) is 9.93. The lowest BCUT2D eigenvalue weighted by Gasteiger charge is -2.30. The molecule has 3 aromatic carbocycles. The molecular formula is C36H37ClN4O4S. The van der Waals surface area contributed by atoms with Crippen LogP contribution in [0.15, 0.2) is 52.9 Å². The van der Waals surface area contributed by atoms with Gasteiger partial charge in [0.15, 0.2) is 5.58 Å². The monoisotopic (exact) mass is 656 g/mol. The lowest BCUT2D eigenvalue weighted by atomic mass is 9.91. The van der Waals surface area contributed by atoms with Crippen molar-refractivity contribution in [2.45, 2.75) is 52.7 Å². The van der Waals surface area contributed by atoms with Crippen LogP contribution in [0.4, 0.5) is 0 Å². The molecule has 2 aliphatic rings. The van der Waals surface area contributed by atoms with Gasteiger partial charge in [0.2, 0.25) is 5.89 Å². The molecule has 8 nitrogen and oxygen atoms in total. The Morgan fingerprint density at radius 3 is 2.50 bits per heavy atom. The first-order valence-corrected chi connectivity index (χ1v) is 17.0. The Hall–Kier alpha value is -3.60. The van der Waals surface area contributed by atoms with Crippen molar-refractivity contribution in [3.05, 3.63) is 80.8 Å². The van der Waals surface area contributed by atoms with Gasteiger partial charge in [0.05, 0.1) is 23.2 Å². The fraction of sp³-hybridized carbons (Fsp3) is 0.361. The summed E-state index contributed by atoms with van der Waals surface area (Å²) in [6.07, 6.45) is 1.56. The largest absolute Gasteiger partial charge is 0.481 e. The minimum Gasteiger partial charge on any atom is -0.481 e. The fourth-order valence-corrected chi connectivity index (χ4v) is 8.32. The molecule has 5 aromatic rings. The highest BCUT2D eigenvalue weighted by Crippen LogP contribution is 2.40. The van der Waals surface area contributed by atoms with Gasteiger partial charge in [-0.25, -0.2) is 9.97 Å². The number of carboxylic acids is 1. The number of thiazole rings is 1. The molecule has 0 bridgehead atoms. The predicted octanol–water partition coefficient (Wildman–Crippen LogP) is 7.20. The molecule has 0 spiro atoms. The third-order valence-electron chi connectivity index (χ3n) is 9.60. The number of hydrogen-bond donors (Lipinski definition) is 2. The van der Waals surface area contributed by atoms with E-state index in [9.17, 15) is 15.0 Å². The summed E-state index contributed by atoms with van der Waals surface area (Å²) in [6.45, 7) is 10.1. The average molecular weight is 657 g/mol. The highest BCUT2D eigenvalue weighted by Gasteiger charge is 2.28. The molecule has 1 saturated heterocycles. The Kier molecular flexibility index (Phi) is 8.46. The van der Waals surface area contributed by atoms with Crippen molar-refractivity contribution in [1.29, 1.82) is 0 Å². The van der Waals surface area contributed by atoms with Crippen LogP contribution in [0.5, 0.6) is 0 Å². The van der Waals surface area contributed by atoms with Crippen LogP contribution < -0.4 is 0 Å². The SMILES string of the molecule is Cc1c(-c2nc3cc(CN4CC[C@@H](C(=O)O)C4)cc(Cl)c3o2)cccc1-c1cccc(-c2nc3c(s2)CN(C(C)CO)CC3)c1C. The van der Waals surface area contributed by atoms with Gasteiger partial charge in [-0.2, -0.15) is 0 Å². The second-order valence-corrected chi connectivity index (χ2v) is 14.1. The number of oxazole rings is 1. The number of rotatable bonds is 8. The molecule has 0 aliphatic carbocycles. The van der Waals surface area contributed by atoms with Gasteiger partial charge in [-0.3, -0.25) is 14.6 Å². The Labute approximate surface area is 277 Å². The van der Waals surface area contributed by atoms with Crippen LogP contribution >= 0.6 is 22.9 Å². The van der Waals surface area contributed by atoms with E-state index in [-0.39, 0.29) is 18.6 Å². The summed E-state index contributed by atoms with van der Waals surface area (Å²) in [7, 11) is 0. The van der Waals surface area contributed by atoms with Crippen LogP contribution in [0.3, 0.4) is 0 Å². The van der Waals surface area contributed by atoms with Crippen LogP contribution in [0.2, 0.25) is 5.02 Å². The third kappa shape index (κ3) is 5.75. The molecule has 1 fully saturated rings. The average Bonchev–Trinajstić information content (AvgIpc) is 3.79. The van der Waals surface area contributed by atoms with E-state index in [0.717, 1.165) is 64.4 Å². The zero-order chi connectivity index (χ0) is 32.1. The summed E-state index contributed by atoms with van der Waals surface area (Å²) in [6, 6.07) is 16.6. The van der Waals surface area contributed by atoms with E-state index in [4.69, 9.17) is 26.0 Å². The quantitative estimate of drug-likeness (QED) is 0.181. The number of nitrogens with zero attached hydrogens (tertiary/aromatic N) is 4. The maximum Gasteiger partial charge on any atom is 0.307 e. The number of hydrogen-bond acceptors (Lipinski definition) is 8. The summed E-state index contributed by atoms with van der Waals surface area (Å²) >= 11 is 8.45. The Morgan fingerprint density at radius 2 is 1.78 bits per heavy atom. The highest BCUT2D eigenvalue weighted by molar-refractivity contribution is 7.15. The molecular weight excluding hydrogens is 620 g/mol. The van der Waals surface area contributed by atoms with Crippen molar-refractivity contribution in [2.24, 2.45) is 5.92 Å². The molecule has 2 N–H and O–H groups in total. The van der Waals surface area contributed by atoms with E-state index < -0.39 is 5.97 Å². The maximum absolute atomic E-state index is 11.4. The third-order valence-corrected chi connectivity index (χ3v) is 11.0. The molecule has 10 heteroatoms. The van der Waals surface area contributed by atoms with E-state index >= 15 is 0 Å². The van der Waals surface area contributed by atoms with Gasteiger partial charge in [0.25, 0.3) is 0 Å². The Bertz CT molecular complexity index is 1950. The van der Waals surface area contributed by atoms with E-state index in [1.54, 1.807) is 11.3 Å². The van der Waals surface area contributed by atoms with Crippen molar-refractivity contribution in [3.8, 4) is 33.2 Å². The first-order chi connectivity index (χ1) is 22.2. The fourth-order valence-electron chi connectivity index (χ4n) is 6.83. The molecule has 0 saturated carbocycles. The number of halogens is 1. The van der Waals surface area contributed by atoms with Gasteiger partial charge in [0.1, 0.15) is 10.5 Å². The lowest BCUT2D eigenvalue weighted by Crippen LogP contribution is -2.39. The number of carboxylic acid groups (broad SMARTS) is 1. The molecule has 46 heavy (non-hydrogen) atoms.